The zero-order chi connectivity index (χ0) is 99.6. The summed E-state index contributed by atoms with van der Waals surface area (Å²) in [7, 11) is -2.70. The minimum absolute atomic E-state index is 0. The standard InChI is InChI=1S/C32H27N4.C32H29N4.C31H27N4Si.C22H25N4.4CN.4Pt/c1-31(2)19-10-13-23-29(35-36-30(23)31)26-16-9-18-28(34-26)32(27-17-7-8-20-33-27)24-14-5-3-11-21(24)22-12-4-6-15-25(22)32;1-31(2)21-12-17-25-29(35-36-30(25)31)26-18-11-20-28(34-26)32(23-13-5-3-6-14-23,24-15-7-4-8-16-24)27-19-9-10-22-33-27;1-31(2)19-10-13-23-29(34-35-30(23)31)24-14-9-18-28(33-24)36(27-17-7-8-20-32-27)25-15-5-3-11-21(25)22-12-4-6-16-26(22)36;1-21(2)13-8-9-15-19(25-26-20(15)21)16-10-7-12-18(24-16)22(3,4)17-11-5-6-14-23-17;4*1-2;;;;/h3-9,11-12,14-18,20H,10,13,19H2,1-2H3;3-11,13-16,18-20,22H,12,17,21H2,1-2H3;3-9,11-12,14-18,20H,10,13,19H2,1-2H3;5-7,10-12,14H,8-9,13H2,1-4H3;;;;;;;;/q8*-1;4*+2. The fourth-order valence-corrected chi connectivity index (χ4v) is 27.4. The first-order valence-corrected chi connectivity index (χ1v) is 50.3. The van der Waals surface area contributed by atoms with E-state index < -0.39 is 18.9 Å². The number of hydrogen-bond acceptors (Lipinski definition) is 16. The van der Waals surface area contributed by atoms with Crippen LogP contribution < -0.4 is 41.4 Å². The Morgan fingerprint density at radius 1 is 0.281 bits per heavy atom. The van der Waals surface area contributed by atoms with Crippen LogP contribution in [0.3, 0.4) is 0 Å². The van der Waals surface area contributed by atoms with Gasteiger partial charge in [-0.1, -0.05) is 284 Å². The van der Waals surface area contributed by atoms with E-state index in [1.807, 2.05) is 67.3 Å². The molecule has 0 saturated carbocycles. The van der Waals surface area contributed by atoms with Crippen molar-refractivity contribution in [2.24, 2.45) is 0 Å². The minimum atomic E-state index is -2.70. The number of aromatic nitrogens is 16. The summed E-state index contributed by atoms with van der Waals surface area (Å²) in [6, 6.07) is 106. The van der Waals surface area contributed by atoms with Crippen LogP contribution in [-0.4, -0.2) is 68.3 Å². The van der Waals surface area contributed by atoms with Crippen molar-refractivity contribution < 1.29 is 84.3 Å². The topological polar surface area (TPSA) is 306 Å². The summed E-state index contributed by atoms with van der Waals surface area (Å²) in [6.07, 6.45) is 20.8. The third-order valence-corrected chi connectivity index (χ3v) is 33.9. The van der Waals surface area contributed by atoms with Crippen molar-refractivity contribution in [3.63, 3.8) is 0 Å². The molecule has 5 aliphatic carbocycles. The molecular weight excluding hydrogens is 2540 g/mol. The average Bonchev–Trinajstić information content (AvgIpc) is 1.54. The second-order valence-corrected chi connectivity index (χ2v) is 43.3. The maximum absolute atomic E-state index is 6.25. The van der Waals surface area contributed by atoms with Crippen LogP contribution in [0.15, 0.2) is 328 Å². The van der Waals surface area contributed by atoms with Crippen LogP contribution in [-0.2, 0) is 148 Å². The van der Waals surface area contributed by atoms with Crippen molar-refractivity contribution in [1.29, 1.82) is 21.0 Å². The first-order valence-electron chi connectivity index (χ1n) is 48.3. The fourth-order valence-electron chi connectivity index (χ4n) is 22.5. The predicted octanol–water partition coefficient (Wildman–Crippen LogP) is 21.2. The zero-order valence-electron chi connectivity index (χ0n) is 82.9. The maximum Gasteiger partial charge on any atom is 2.00 e. The molecule has 20 nitrogen and oxygen atoms in total. The van der Waals surface area contributed by atoms with Crippen molar-refractivity contribution in [1.82, 2.24) is 80.7 Å². The summed E-state index contributed by atoms with van der Waals surface area (Å²) in [6.45, 7) is 41.5. The van der Waals surface area contributed by atoms with E-state index in [9.17, 15) is 0 Å². The molecule has 6 aromatic carbocycles. The molecule has 24 rings (SSSR count). The van der Waals surface area contributed by atoms with Crippen LogP contribution >= 0.6 is 0 Å². The van der Waals surface area contributed by atoms with E-state index in [1.165, 1.54) is 72.4 Å². The monoisotopic (exact) mass is 2650 g/mol. The Bertz CT molecular complexity index is 6880. The predicted molar refractivity (Wildman–Crippen MR) is 555 cm³/mol. The summed E-state index contributed by atoms with van der Waals surface area (Å²) in [5, 5.41) is 67.0. The Kier molecular flexibility index (Phi) is 35.1. The average molecular weight is 2650 g/mol. The molecule has 0 fully saturated rings. The number of rotatable bonds is 14. The molecule has 0 N–H and O–H groups in total. The Labute approximate surface area is 914 Å². The number of pyridine rings is 8. The molecule has 18 aromatic rings. The molecule has 25 heteroatoms. The molecule has 1 aliphatic heterocycles. The molecule has 0 bridgehead atoms. The molecule has 6 aliphatic rings. The van der Waals surface area contributed by atoms with E-state index in [0.29, 0.717) is 0 Å². The van der Waals surface area contributed by atoms with Crippen LogP contribution in [0.25, 0.3) is 67.8 Å². The van der Waals surface area contributed by atoms with Gasteiger partial charge < -0.3 is 88.1 Å². The van der Waals surface area contributed by atoms with Crippen molar-refractivity contribution in [3.05, 3.63) is 456 Å². The molecule has 0 saturated heterocycles. The Morgan fingerprint density at radius 2 is 0.596 bits per heavy atom. The summed E-state index contributed by atoms with van der Waals surface area (Å²) in [4.78, 5) is 40.4. The van der Waals surface area contributed by atoms with Gasteiger partial charge in [0.2, 0.25) is 8.07 Å². The summed E-state index contributed by atoms with van der Waals surface area (Å²) in [5.41, 5.74) is 31.2. The number of benzene rings is 6. The van der Waals surface area contributed by atoms with Gasteiger partial charge in [-0.15, -0.1) is 0 Å². The van der Waals surface area contributed by atoms with Crippen LogP contribution in [0, 0.1) is 47.3 Å². The quantitative estimate of drug-likeness (QED) is 0.0721. The molecule has 146 heavy (non-hydrogen) atoms. The third-order valence-electron chi connectivity index (χ3n) is 29.3. The van der Waals surface area contributed by atoms with Crippen molar-refractivity contribution >= 4 is 29.1 Å². The molecular formula is C121H108N20Pt4Si. The van der Waals surface area contributed by atoms with Gasteiger partial charge in [-0.2, -0.15) is 0 Å². The normalized spacial score (nSPS) is 14.9. The van der Waals surface area contributed by atoms with E-state index in [-0.39, 0.29) is 111 Å². The largest absolute Gasteiger partial charge is 2.00 e. The van der Waals surface area contributed by atoms with Crippen LogP contribution in [0.1, 0.15) is 222 Å². The molecule has 0 unspecified atom stereocenters. The Hall–Kier alpha value is -13.7. The molecule has 0 spiro atoms. The third kappa shape index (κ3) is 20.0. The Morgan fingerprint density at radius 3 is 1.00 bits per heavy atom. The van der Waals surface area contributed by atoms with Crippen molar-refractivity contribution in [2.45, 2.75) is 184 Å². The molecule has 0 amide bonds. The molecule has 0 radical (unpaired) electrons. The van der Waals surface area contributed by atoms with E-state index in [0.717, 1.165) is 195 Å². The summed E-state index contributed by atoms with van der Waals surface area (Å²) < 4.78 is 0. The number of hydrogen-bond donors (Lipinski definition) is 0. The van der Waals surface area contributed by atoms with Gasteiger partial charge in [0.05, 0.1) is 51.2 Å². The van der Waals surface area contributed by atoms with Crippen LogP contribution in [0.2, 0.25) is 0 Å². The fraction of sp³-hybridized carbons (Fsp3) is 0.240. The number of fused-ring (bicyclic) bond motifs is 10. The van der Waals surface area contributed by atoms with Crippen LogP contribution in [0.4, 0.5) is 0 Å². The van der Waals surface area contributed by atoms with Gasteiger partial charge in [0.1, 0.15) is 10.8 Å². The SMILES string of the molecule is CC1(C)CCCc2c1n[n-]c2-c1cccc(C(C)(C)c2ccccn2)n1.CC1(C)CCCc2c1n[n-]c2-c1cccc(C(c2ccccc2)(c2ccccc2)c2ccccn2)n1.CC1(C)CCCc2c1n[n-]c2-c1cccc(C2(c3ccccn3)c3ccccc3-c3ccccc32)n1.CC1(C)CCCc2c1n[n-]c2-c1cccc([Si]2(c3ccccn3)c3ccccc3-c3ccccc32)n1.[C-]#N.[C-]#N.[C-]#N.[C-]#N.[Pt+2].[Pt+2].[Pt+2].[Pt+2]. The van der Waals surface area contributed by atoms with Gasteiger partial charge in [-0.25, -0.2) is 0 Å². The van der Waals surface area contributed by atoms with Crippen molar-refractivity contribution in [3.8, 4) is 67.8 Å². The van der Waals surface area contributed by atoms with Crippen LogP contribution in [0.5, 0.6) is 0 Å². The van der Waals surface area contributed by atoms with Gasteiger partial charge in [0, 0.05) is 91.0 Å². The van der Waals surface area contributed by atoms with Crippen molar-refractivity contribution in [2.75, 3.05) is 0 Å². The second-order valence-electron chi connectivity index (χ2n) is 39.7. The summed E-state index contributed by atoms with van der Waals surface area (Å²) in [5.74, 6) is 0. The Balaban J connectivity index is 0.000000159. The van der Waals surface area contributed by atoms with Gasteiger partial charge in [-0.3, -0.25) is 39.9 Å². The number of nitrogens with zero attached hydrogens (tertiary/aromatic N) is 20. The van der Waals surface area contributed by atoms with Gasteiger partial charge >= 0.3 is 84.3 Å². The van der Waals surface area contributed by atoms with E-state index >= 15 is 0 Å². The minimum Gasteiger partial charge on any atom is -0.573 e. The maximum atomic E-state index is 6.25. The van der Waals surface area contributed by atoms with Gasteiger partial charge in [-0.05, 0) is 265 Å². The molecule has 13 heterocycles. The first kappa shape index (κ1) is 110. The molecule has 736 valence electrons. The molecule has 12 aromatic heterocycles. The first-order chi connectivity index (χ1) is 69.2. The second kappa shape index (κ2) is 46.8. The van der Waals surface area contributed by atoms with E-state index in [1.54, 1.807) is 0 Å². The summed E-state index contributed by atoms with van der Waals surface area (Å²) >= 11 is 0. The smallest absolute Gasteiger partial charge is 0.573 e. The van der Waals surface area contributed by atoms with Gasteiger partial charge in [0.15, 0.2) is 0 Å². The van der Waals surface area contributed by atoms with E-state index in [4.69, 9.17) is 87.3 Å². The van der Waals surface area contributed by atoms with Gasteiger partial charge in [0.25, 0.3) is 0 Å². The molecule has 0 atom stereocenters. The zero-order valence-corrected chi connectivity index (χ0v) is 93.0. The van der Waals surface area contributed by atoms with E-state index in [2.05, 4.69) is 371 Å².